The first-order chi connectivity index (χ1) is 12.1. The number of hydrogen-bond donors (Lipinski definition) is 2. The normalized spacial score (nSPS) is 15.2. The lowest BCUT2D eigenvalue weighted by atomic mass is 10.2. The fraction of sp³-hybridized carbons (Fsp3) is 0.350. The number of nitrogens with one attached hydrogen (secondary N) is 2. The summed E-state index contributed by atoms with van der Waals surface area (Å²) in [5.74, 6) is 0.0125. The molecule has 1 aliphatic rings. The number of carbonyl (C=O) groups excluding carboxylic acids is 1. The zero-order chi connectivity index (χ0) is 17.6. The first-order valence-corrected chi connectivity index (χ1v) is 9.19. The highest BCUT2D eigenvalue weighted by atomic mass is 35.5. The fourth-order valence-electron chi connectivity index (χ4n) is 3.24. The fourth-order valence-corrected chi connectivity index (χ4v) is 3.44. The lowest BCUT2D eigenvalue weighted by molar-refractivity contribution is -0.885. The Kier molecular flexibility index (Phi) is 5.95. The highest BCUT2D eigenvalue weighted by molar-refractivity contribution is 6.31. The Hall–Kier alpha value is -2.04. The van der Waals surface area contributed by atoms with Gasteiger partial charge in [-0.1, -0.05) is 29.8 Å². The van der Waals surface area contributed by atoms with Gasteiger partial charge in [0, 0.05) is 35.1 Å². The van der Waals surface area contributed by atoms with Crippen molar-refractivity contribution >= 4 is 28.9 Å². The molecule has 1 amide bonds. The van der Waals surface area contributed by atoms with Crippen LogP contribution >= 0.6 is 11.6 Å². The zero-order valence-electron chi connectivity index (χ0n) is 14.6. The molecule has 1 heterocycles. The number of nitrogens with zero attached hydrogens (tertiary/aromatic N) is 1. The molecule has 1 saturated heterocycles. The van der Waals surface area contributed by atoms with E-state index in [0.29, 0.717) is 6.54 Å². The Morgan fingerprint density at radius 2 is 1.80 bits per heavy atom. The number of hydrogen-bond acceptors (Lipinski definition) is 2. The smallest absolute Gasteiger partial charge is 0.279 e. The van der Waals surface area contributed by atoms with Gasteiger partial charge in [-0.05, 0) is 43.2 Å². The van der Waals surface area contributed by atoms with Crippen molar-refractivity contribution < 1.29 is 9.69 Å². The van der Waals surface area contributed by atoms with Crippen LogP contribution in [0.4, 0.5) is 11.4 Å². The van der Waals surface area contributed by atoms with Crippen LogP contribution in [0.5, 0.6) is 0 Å². The molecular weight excluding hydrogens is 334 g/mol. The molecule has 0 bridgehead atoms. The van der Waals surface area contributed by atoms with Crippen molar-refractivity contribution in [3.63, 3.8) is 0 Å². The molecule has 0 aliphatic carbocycles. The maximum absolute atomic E-state index is 12.3. The standard InChI is InChI=1S/C20H24ClN3O/c1-23(14-16-6-2-3-7-19(16)21)15-20(25)22-17-8-10-18(11-9-17)24-12-4-5-13-24/h2-3,6-11H,4-5,12-15H2,1H3,(H,22,25)/p+1. The van der Waals surface area contributed by atoms with Crippen molar-refractivity contribution in [1.82, 2.24) is 0 Å². The minimum absolute atomic E-state index is 0.0125. The number of halogens is 1. The van der Waals surface area contributed by atoms with E-state index in [9.17, 15) is 4.79 Å². The van der Waals surface area contributed by atoms with E-state index in [0.717, 1.165) is 40.8 Å². The van der Waals surface area contributed by atoms with Crippen LogP contribution in [0.1, 0.15) is 18.4 Å². The number of likely N-dealkylation sites (N-methyl/N-ethyl adjacent to an activating group) is 1. The molecule has 1 atom stereocenters. The SMILES string of the molecule is C[NH+](CC(=O)Nc1ccc(N2CCCC2)cc1)Cc1ccccc1Cl. The van der Waals surface area contributed by atoms with Gasteiger partial charge in [0.2, 0.25) is 0 Å². The predicted molar refractivity (Wildman–Crippen MR) is 103 cm³/mol. The van der Waals surface area contributed by atoms with Gasteiger partial charge in [-0.25, -0.2) is 0 Å². The Labute approximate surface area is 154 Å². The number of quaternary nitrogens is 1. The third-order valence-corrected chi connectivity index (χ3v) is 4.90. The summed E-state index contributed by atoms with van der Waals surface area (Å²) in [7, 11) is 2.00. The number of anilines is 2. The number of carbonyl (C=O) groups is 1. The van der Waals surface area contributed by atoms with Gasteiger partial charge < -0.3 is 15.1 Å². The van der Waals surface area contributed by atoms with Crippen molar-refractivity contribution in [3.05, 3.63) is 59.1 Å². The molecule has 2 N–H and O–H groups in total. The molecule has 0 radical (unpaired) electrons. The lowest BCUT2D eigenvalue weighted by Gasteiger charge is -2.18. The van der Waals surface area contributed by atoms with Crippen LogP contribution < -0.4 is 15.1 Å². The van der Waals surface area contributed by atoms with E-state index < -0.39 is 0 Å². The Morgan fingerprint density at radius 3 is 2.48 bits per heavy atom. The molecule has 25 heavy (non-hydrogen) atoms. The highest BCUT2D eigenvalue weighted by Crippen LogP contribution is 2.21. The van der Waals surface area contributed by atoms with E-state index in [1.54, 1.807) is 0 Å². The van der Waals surface area contributed by atoms with Crippen molar-refractivity contribution in [3.8, 4) is 0 Å². The third-order valence-electron chi connectivity index (χ3n) is 4.53. The molecule has 0 saturated carbocycles. The average Bonchev–Trinajstić information content (AvgIpc) is 3.12. The van der Waals surface area contributed by atoms with Crippen LogP contribution in [0.15, 0.2) is 48.5 Å². The second kappa shape index (κ2) is 8.37. The Bertz CT molecular complexity index is 711. The van der Waals surface area contributed by atoms with Crippen LogP contribution in [0.25, 0.3) is 0 Å². The average molecular weight is 359 g/mol. The summed E-state index contributed by atoms with van der Waals surface area (Å²) < 4.78 is 0. The van der Waals surface area contributed by atoms with E-state index in [4.69, 9.17) is 11.6 Å². The van der Waals surface area contributed by atoms with Gasteiger partial charge in [0.1, 0.15) is 6.54 Å². The second-order valence-electron chi connectivity index (χ2n) is 6.69. The largest absolute Gasteiger partial charge is 0.372 e. The lowest BCUT2D eigenvalue weighted by Crippen LogP contribution is -3.08. The van der Waals surface area contributed by atoms with Crippen molar-refractivity contribution in [1.29, 1.82) is 0 Å². The maximum atomic E-state index is 12.3. The van der Waals surface area contributed by atoms with Gasteiger partial charge >= 0.3 is 0 Å². The van der Waals surface area contributed by atoms with Gasteiger partial charge in [-0.3, -0.25) is 4.79 Å². The summed E-state index contributed by atoms with van der Waals surface area (Å²) in [5, 5.41) is 3.73. The first-order valence-electron chi connectivity index (χ1n) is 8.81. The minimum Gasteiger partial charge on any atom is -0.372 e. The summed E-state index contributed by atoms with van der Waals surface area (Å²) in [4.78, 5) is 15.7. The van der Waals surface area contributed by atoms with Gasteiger partial charge in [0.15, 0.2) is 6.54 Å². The van der Waals surface area contributed by atoms with E-state index in [1.165, 1.54) is 18.5 Å². The molecule has 1 aliphatic heterocycles. The minimum atomic E-state index is 0.0125. The summed E-state index contributed by atoms with van der Waals surface area (Å²) in [5.41, 5.74) is 3.14. The first kappa shape index (κ1) is 17.8. The summed E-state index contributed by atoms with van der Waals surface area (Å²) in [6.45, 7) is 3.38. The summed E-state index contributed by atoms with van der Waals surface area (Å²) in [6.07, 6.45) is 2.53. The Morgan fingerprint density at radius 1 is 1.12 bits per heavy atom. The molecule has 4 nitrogen and oxygen atoms in total. The Balaban J connectivity index is 1.50. The number of benzene rings is 2. The molecule has 0 aromatic heterocycles. The quantitative estimate of drug-likeness (QED) is 0.832. The van der Waals surface area contributed by atoms with Crippen LogP contribution in [-0.2, 0) is 11.3 Å². The summed E-state index contributed by atoms with van der Waals surface area (Å²) >= 11 is 6.19. The van der Waals surface area contributed by atoms with E-state index in [-0.39, 0.29) is 5.91 Å². The van der Waals surface area contributed by atoms with Gasteiger partial charge in [-0.15, -0.1) is 0 Å². The molecule has 5 heteroatoms. The molecule has 1 fully saturated rings. The van der Waals surface area contributed by atoms with E-state index >= 15 is 0 Å². The van der Waals surface area contributed by atoms with Crippen molar-refractivity contribution in [2.75, 3.05) is 36.9 Å². The van der Waals surface area contributed by atoms with Crippen molar-refractivity contribution in [2.24, 2.45) is 0 Å². The van der Waals surface area contributed by atoms with Crippen LogP contribution in [0, 0.1) is 0 Å². The van der Waals surface area contributed by atoms with Gasteiger partial charge in [0.25, 0.3) is 5.91 Å². The molecule has 0 spiro atoms. The van der Waals surface area contributed by atoms with Crippen LogP contribution in [-0.4, -0.2) is 32.6 Å². The molecular formula is C20H25ClN3O+. The zero-order valence-corrected chi connectivity index (χ0v) is 15.4. The predicted octanol–water partition coefficient (Wildman–Crippen LogP) is 2.59. The molecule has 2 aromatic rings. The van der Waals surface area contributed by atoms with Gasteiger partial charge in [-0.2, -0.15) is 0 Å². The topological polar surface area (TPSA) is 36.8 Å². The van der Waals surface area contributed by atoms with E-state index in [1.807, 2.05) is 43.4 Å². The van der Waals surface area contributed by atoms with Crippen LogP contribution in [0.3, 0.4) is 0 Å². The number of rotatable bonds is 6. The van der Waals surface area contributed by atoms with Crippen molar-refractivity contribution in [2.45, 2.75) is 19.4 Å². The van der Waals surface area contributed by atoms with Crippen LogP contribution in [0.2, 0.25) is 5.02 Å². The molecule has 2 aromatic carbocycles. The number of amides is 1. The van der Waals surface area contributed by atoms with E-state index in [2.05, 4.69) is 22.3 Å². The monoisotopic (exact) mass is 358 g/mol. The third kappa shape index (κ3) is 4.97. The molecule has 3 rings (SSSR count). The molecule has 1 unspecified atom stereocenters. The van der Waals surface area contributed by atoms with Gasteiger partial charge in [0.05, 0.1) is 7.05 Å². The second-order valence-corrected chi connectivity index (χ2v) is 7.10. The highest BCUT2D eigenvalue weighted by Gasteiger charge is 2.14. The summed E-state index contributed by atoms with van der Waals surface area (Å²) in [6, 6.07) is 15.9. The maximum Gasteiger partial charge on any atom is 0.279 e. The molecule has 132 valence electrons.